The summed E-state index contributed by atoms with van der Waals surface area (Å²) in [5.41, 5.74) is 5.54. The molecular formula is C24H26BrN3O2. The quantitative estimate of drug-likeness (QED) is 0.514. The molecule has 6 heteroatoms. The van der Waals surface area contributed by atoms with Crippen LogP contribution in [0.25, 0.3) is 0 Å². The van der Waals surface area contributed by atoms with E-state index in [4.69, 9.17) is 0 Å². The number of hydrogen-bond donors (Lipinski definition) is 2. The molecule has 0 atom stereocenters. The summed E-state index contributed by atoms with van der Waals surface area (Å²) in [5.74, 6) is -0.292. The number of aryl methyl sites for hydroxylation is 2. The highest BCUT2D eigenvalue weighted by atomic mass is 79.9. The molecule has 3 aromatic rings. The van der Waals surface area contributed by atoms with Gasteiger partial charge < -0.3 is 15.2 Å². The van der Waals surface area contributed by atoms with Crippen LogP contribution in [0.3, 0.4) is 0 Å². The zero-order valence-electron chi connectivity index (χ0n) is 17.5. The average molecular weight is 468 g/mol. The molecule has 1 aromatic heterocycles. The van der Waals surface area contributed by atoms with Crippen molar-refractivity contribution in [3.63, 3.8) is 0 Å². The second kappa shape index (κ2) is 9.76. The number of amides is 2. The number of nitrogens with one attached hydrogen (secondary N) is 2. The molecule has 1 heterocycles. The molecule has 0 unspecified atom stereocenters. The number of aromatic nitrogens is 1. The van der Waals surface area contributed by atoms with Crippen molar-refractivity contribution < 1.29 is 9.59 Å². The highest BCUT2D eigenvalue weighted by molar-refractivity contribution is 9.10. The second-order valence-corrected chi connectivity index (χ2v) is 8.29. The van der Waals surface area contributed by atoms with Gasteiger partial charge in [-0.15, -0.1) is 0 Å². The lowest BCUT2D eigenvalue weighted by Crippen LogP contribution is -2.28. The molecule has 5 nitrogen and oxygen atoms in total. The predicted molar refractivity (Wildman–Crippen MR) is 124 cm³/mol. The lowest BCUT2D eigenvalue weighted by Gasteiger charge is -2.11. The number of halogens is 1. The van der Waals surface area contributed by atoms with Gasteiger partial charge in [0.1, 0.15) is 0 Å². The van der Waals surface area contributed by atoms with Crippen LogP contribution in [0, 0.1) is 20.8 Å². The first kappa shape index (κ1) is 21.8. The average Bonchev–Trinajstić information content (AvgIpc) is 3.00. The molecule has 0 aliphatic heterocycles. The fourth-order valence-electron chi connectivity index (χ4n) is 3.37. The molecule has 30 heavy (non-hydrogen) atoms. The van der Waals surface area contributed by atoms with Crippen LogP contribution in [0.4, 0.5) is 5.69 Å². The maximum Gasteiger partial charge on any atom is 0.253 e. The molecule has 0 saturated carbocycles. The van der Waals surface area contributed by atoms with E-state index in [0.717, 1.165) is 33.7 Å². The maximum atomic E-state index is 12.7. The molecule has 2 aromatic carbocycles. The van der Waals surface area contributed by atoms with Crippen LogP contribution in [0.5, 0.6) is 0 Å². The fraction of sp³-hybridized carbons (Fsp3) is 0.250. The van der Waals surface area contributed by atoms with Gasteiger partial charge in [0.15, 0.2) is 0 Å². The lowest BCUT2D eigenvalue weighted by molar-refractivity contribution is -0.116. The molecule has 0 aliphatic rings. The maximum absolute atomic E-state index is 12.7. The summed E-state index contributed by atoms with van der Waals surface area (Å²) in [5, 5.41) is 5.76. The van der Waals surface area contributed by atoms with Crippen LogP contribution < -0.4 is 10.6 Å². The molecule has 0 spiro atoms. The summed E-state index contributed by atoms with van der Waals surface area (Å²) < 4.78 is 3.04. The third-order valence-electron chi connectivity index (χ3n) is 5.11. The summed E-state index contributed by atoms with van der Waals surface area (Å²) in [6.45, 7) is 6.89. The van der Waals surface area contributed by atoms with Gasteiger partial charge in [0.2, 0.25) is 5.91 Å². The Morgan fingerprint density at radius 2 is 1.73 bits per heavy atom. The summed E-state index contributed by atoms with van der Waals surface area (Å²) in [7, 11) is 0. The fourth-order valence-corrected chi connectivity index (χ4v) is 3.73. The normalized spacial score (nSPS) is 10.7. The summed E-state index contributed by atoms with van der Waals surface area (Å²) in [6, 6.07) is 17.8. The minimum atomic E-state index is -0.158. The van der Waals surface area contributed by atoms with Gasteiger partial charge in [-0.1, -0.05) is 52.3 Å². The van der Waals surface area contributed by atoms with Crippen LogP contribution in [0.1, 0.15) is 39.3 Å². The first-order chi connectivity index (χ1) is 14.3. The van der Waals surface area contributed by atoms with Gasteiger partial charge >= 0.3 is 0 Å². The minimum absolute atomic E-state index is 0.133. The molecule has 2 amide bonds. The third-order valence-corrected chi connectivity index (χ3v) is 5.61. The van der Waals surface area contributed by atoms with Crippen molar-refractivity contribution in [2.45, 2.75) is 33.7 Å². The van der Waals surface area contributed by atoms with Crippen molar-refractivity contribution in [1.29, 1.82) is 0 Å². The lowest BCUT2D eigenvalue weighted by atomic mass is 10.2. The Hall–Kier alpha value is -2.86. The number of carbonyl (C=O) groups is 2. The third kappa shape index (κ3) is 5.39. The van der Waals surface area contributed by atoms with E-state index in [1.807, 2.05) is 63.2 Å². The summed E-state index contributed by atoms with van der Waals surface area (Å²) >= 11 is 3.41. The number of benzene rings is 2. The first-order valence-electron chi connectivity index (χ1n) is 9.90. The van der Waals surface area contributed by atoms with Crippen LogP contribution in [-0.4, -0.2) is 22.9 Å². The first-order valence-corrected chi connectivity index (χ1v) is 10.7. The topological polar surface area (TPSA) is 63.1 Å². The number of rotatable bonds is 7. The van der Waals surface area contributed by atoms with E-state index in [-0.39, 0.29) is 24.8 Å². The molecule has 156 valence electrons. The van der Waals surface area contributed by atoms with Gasteiger partial charge in [0, 0.05) is 41.1 Å². The highest BCUT2D eigenvalue weighted by Crippen LogP contribution is 2.21. The van der Waals surface area contributed by atoms with Crippen LogP contribution in [0.15, 0.2) is 59.1 Å². The monoisotopic (exact) mass is 467 g/mol. The number of nitrogens with zero attached hydrogens (tertiary/aromatic N) is 1. The smallest absolute Gasteiger partial charge is 0.253 e. The predicted octanol–water partition coefficient (Wildman–Crippen LogP) is 4.98. The van der Waals surface area contributed by atoms with Gasteiger partial charge in [-0.3, -0.25) is 9.59 Å². The van der Waals surface area contributed by atoms with Crippen LogP contribution >= 0.6 is 15.9 Å². The van der Waals surface area contributed by atoms with E-state index >= 15 is 0 Å². The van der Waals surface area contributed by atoms with E-state index in [1.165, 1.54) is 5.56 Å². The molecule has 3 rings (SSSR count). The molecule has 0 radical (unpaired) electrons. The molecule has 0 bridgehead atoms. The Bertz CT molecular complexity index is 1060. The summed E-state index contributed by atoms with van der Waals surface area (Å²) in [6.07, 6.45) is 0.209. The minimum Gasteiger partial charge on any atom is -0.351 e. The van der Waals surface area contributed by atoms with E-state index < -0.39 is 0 Å². The van der Waals surface area contributed by atoms with Gasteiger partial charge in [-0.25, -0.2) is 0 Å². The second-order valence-electron chi connectivity index (χ2n) is 7.37. The van der Waals surface area contributed by atoms with E-state index in [0.29, 0.717) is 5.56 Å². The van der Waals surface area contributed by atoms with Crippen LogP contribution in [-0.2, 0) is 11.3 Å². The molecular weight excluding hydrogens is 442 g/mol. The van der Waals surface area contributed by atoms with E-state index in [9.17, 15) is 9.59 Å². The molecule has 2 N–H and O–H groups in total. The Balaban J connectivity index is 1.57. The van der Waals surface area contributed by atoms with Crippen molar-refractivity contribution in [2.24, 2.45) is 0 Å². The Morgan fingerprint density at radius 1 is 1.00 bits per heavy atom. The standard InChI is InChI=1S/C24H26BrN3O2/c1-16-9-10-20(25)14-22(16)27-23(29)11-12-26-24(30)21-13-17(2)28(18(21)3)15-19-7-5-4-6-8-19/h4-10,13-14H,11-12,15H2,1-3H3,(H,26,30)(H,27,29). The SMILES string of the molecule is Cc1ccc(Br)cc1NC(=O)CCNC(=O)c1cc(C)n(Cc2ccccc2)c1C. The van der Waals surface area contributed by atoms with Gasteiger partial charge in [-0.05, 0) is 50.1 Å². The van der Waals surface area contributed by atoms with Crippen molar-refractivity contribution in [1.82, 2.24) is 9.88 Å². The summed E-state index contributed by atoms with van der Waals surface area (Å²) in [4.78, 5) is 24.9. The number of anilines is 1. The van der Waals surface area contributed by atoms with Crippen molar-refractivity contribution in [3.8, 4) is 0 Å². The van der Waals surface area contributed by atoms with Crippen molar-refractivity contribution >= 4 is 33.4 Å². The van der Waals surface area contributed by atoms with Gasteiger partial charge in [-0.2, -0.15) is 0 Å². The number of hydrogen-bond acceptors (Lipinski definition) is 2. The molecule has 0 fully saturated rings. The van der Waals surface area contributed by atoms with Crippen molar-refractivity contribution in [3.05, 3.63) is 87.1 Å². The zero-order chi connectivity index (χ0) is 21.7. The van der Waals surface area contributed by atoms with Gasteiger partial charge in [0.05, 0.1) is 5.56 Å². The number of carbonyl (C=O) groups excluding carboxylic acids is 2. The largest absolute Gasteiger partial charge is 0.351 e. The molecule has 0 aliphatic carbocycles. The van der Waals surface area contributed by atoms with Crippen molar-refractivity contribution in [2.75, 3.05) is 11.9 Å². The molecule has 0 saturated heterocycles. The van der Waals surface area contributed by atoms with E-state index in [1.54, 1.807) is 0 Å². The van der Waals surface area contributed by atoms with Crippen LogP contribution in [0.2, 0.25) is 0 Å². The zero-order valence-corrected chi connectivity index (χ0v) is 19.0. The Morgan fingerprint density at radius 3 is 2.47 bits per heavy atom. The highest BCUT2D eigenvalue weighted by Gasteiger charge is 2.16. The Labute approximate surface area is 185 Å². The Kier molecular flexibility index (Phi) is 7.11. The van der Waals surface area contributed by atoms with E-state index in [2.05, 4.69) is 43.3 Å². The van der Waals surface area contributed by atoms with Gasteiger partial charge in [0.25, 0.3) is 5.91 Å².